The maximum absolute atomic E-state index is 11.8. The van der Waals surface area contributed by atoms with E-state index in [0.29, 0.717) is 13.0 Å². The van der Waals surface area contributed by atoms with Gasteiger partial charge in [0.25, 0.3) is 0 Å². The molecule has 1 atom stereocenters. The quantitative estimate of drug-likeness (QED) is 0.352. The van der Waals surface area contributed by atoms with Crippen molar-refractivity contribution in [2.45, 2.75) is 59.1 Å². The van der Waals surface area contributed by atoms with Crippen molar-refractivity contribution < 1.29 is 26.7 Å². The average Bonchev–Trinajstić information content (AvgIpc) is 2.66. The second kappa shape index (κ2) is 14.3. The molecule has 0 saturated heterocycles. The van der Waals surface area contributed by atoms with Crippen LogP contribution in [0.2, 0.25) is 0 Å². The lowest BCUT2D eigenvalue weighted by molar-refractivity contribution is 0.138. The van der Waals surface area contributed by atoms with Gasteiger partial charge in [0.1, 0.15) is 6.61 Å². The first-order valence-electron chi connectivity index (χ1n) is 9.55. The lowest BCUT2D eigenvalue weighted by Crippen LogP contribution is -2.46. The van der Waals surface area contributed by atoms with Crippen molar-refractivity contribution in [3.63, 3.8) is 0 Å². The van der Waals surface area contributed by atoms with Gasteiger partial charge in [-0.3, -0.25) is 4.55 Å². The van der Waals surface area contributed by atoms with Gasteiger partial charge in [-0.1, -0.05) is 57.5 Å². The number of carbonyl (C=O) groups is 1. The van der Waals surface area contributed by atoms with Crippen LogP contribution >= 0.6 is 0 Å². The monoisotopic (exact) mass is 418 g/mol. The van der Waals surface area contributed by atoms with Crippen molar-refractivity contribution in [3.8, 4) is 0 Å². The number of nitrogens with one attached hydrogen (secondary N) is 2. The Hall–Kier alpha value is -1.68. The lowest BCUT2D eigenvalue weighted by atomic mass is 9.92. The predicted octanol–water partition coefficient (Wildman–Crippen LogP) is 3.30. The van der Waals surface area contributed by atoms with Crippen LogP contribution in [0.3, 0.4) is 0 Å². The molecule has 0 radical (unpaired) electrons. The highest BCUT2D eigenvalue weighted by Crippen LogP contribution is 2.16. The number of rotatable bonds is 12. The van der Waals surface area contributed by atoms with Crippen LogP contribution in [0.25, 0.3) is 0 Å². The Kier molecular flexibility index (Phi) is 13.5. The molecule has 3 N–H and O–H groups in total. The number of hydrogen-bond acceptors (Lipinski definition) is 6. The first-order valence-corrected chi connectivity index (χ1v) is 10.9. The molecule has 0 spiro atoms. The van der Waals surface area contributed by atoms with Gasteiger partial charge in [-0.25, -0.2) is 8.98 Å². The van der Waals surface area contributed by atoms with Crippen LogP contribution in [-0.2, 0) is 25.9 Å². The standard InChI is InChI=1S/C17H28N2O6S.C2H6/c1-3-9-17(2,19-12-13-25-26(21,22)23)10-11-18-16(20)24-14-15-7-5-4-6-8-15;1-2/h4-8,19H,3,9-14H2,1-2H3,(H,18,20)(H,21,22,23);1-2H3. The molecule has 8 nitrogen and oxygen atoms in total. The molecule has 0 bridgehead atoms. The van der Waals surface area contributed by atoms with Crippen molar-refractivity contribution >= 4 is 16.5 Å². The lowest BCUT2D eigenvalue weighted by Gasteiger charge is -2.31. The van der Waals surface area contributed by atoms with Crippen LogP contribution in [0.4, 0.5) is 4.79 Å². The summed E-state index contributed by atoms with van der Waals surface area (Å²) in [4.78, 5) is 11.8. The Labute approximate surface area is 169 Å². The van der Waals surface area contributed by atoms with Crippen LogP contribution in [-0.4, -0.2) is 44.3 Å². The highest BCUT2D eigenvalue weighted by atomic mass is 32.3. The van der Waals surface area contributed by atoms with E-state index in [2.05, 4.69) is 14.8 Å². The molecule has 1 aromatic rings. The van der Waals surface area contributed by atoms with Gasteiger partial charge in [0, 0.05) is 18.6 Å². The summed E-state index contributed by atoms with van der Waals surface area (Å²) < 4.78 is 39.1. The largest absolute Gasteiger partial charge is 0.445 e. The van der Waals surface area contributed by atoms with Crippen molar-refractivity contribution in [3.05, 3.63) is 35.9 Å². The average molecular weight is 419 g/mol. The summed E-state index contributed by atoms with van der Waals surface area (Å²) in [5.74, 6) is 0. The first kappa shape index (κ1) is 26.3. The minimum absolute atomic E-state index is 0.162. The van der Waals surface area contributed by atoms with E-state index in [1.807, 2.05) is 58.0 Å². The second-order valence-electron chi connectivity index (χ2n) is 6.23. The van der Waals surface area contributed by atoms with E-state index >= 15 is 0 Å². The molecule has 0 aromatic heterocycles. The fraction of sp³-hybridized carbons (Fsp3) is 0.632. The van der Waals surface area contributed by atoms with Crippen LogP contribution in [0.15, 0.2) is 30.3 Å². The third kappa shape index (κ3) is 13.5. The molecule has 0 aliphatic rings. The SMILES string of the molecule is CC.CCCC(C)(CCNC(=O)OCc1ccccc1)NCCOS(=O)(=O)O. The Morgan fingerprint density at radius 2 is 1.79 bits per heavy atom. The van der Waals surface area contributed by atoms with Crippen LogP contribution in [0.5, 0.6) is 0 Å². The Bertz CT molecular complexity index is 639. The first-order chi connectivity index (χ1) is 13.2. The fourth-order valence-corrected chi connectivity index (χ4v) is 2.86. The van der Waals surface area contributed by atoms with E-state index in [0.717, 1.165) is 18.4 Å². The zero-order valence-electron chi connectivity index (χ0n) is 17.2. The molecular formula is C19H34N2O6S. The minimum atomic E-state index is -4.43. The number of hydrogen-bond donors (Lipinski definition) is 3. The molecule has 9 heteroatoms. The van der Waals surface area contributed by atoms with Gasteiger partial charge in [0.2, 0.25) is 0 Å². The molecule has 1 aromatic carbocycles. The third-order valence-electron chi connectivity index (χ3n) is 3.85. The van der Waals surface area contributed by atoms with E-state index in [9.17, 15) is 13.2 Å². The molecular weight excluding hydrogens is 384 g/mol. The number of benzene rings is 1. The van der Waals surface area contributed by atoms with Gasteiger partial charge in [-0.2, -0.15) is 8.42 Å². The van der Waals surface area contributed by atoms with Crippen LogP contribution < -0.4 is 10.6 Å². The number of amides is 1. The van der Waals surface area contributed by atoms with Gasteiger partial charge >= 0.3 is 16.5 Å². The predicted molar refractivity (Wildman–Crippen MR) is 109 cm³/mol. The summed E-state index contributed by atoms with van der Waals surface area (Å²) in [6, 6.07) is 9.41. The second-order valence-corrected chi connectivity index (χ2v) is 7.32. The molecule has 0 fully saturated rings. The van der Waals surface area contributed by atoms with Gasteiger partial charge in [0.05, 0.1) is 6.61 Å². The van der Waals surface area contributed by atoms with Crippen molar-refractivity contribution in [2.24, 2.45) is 0 Å². The third-order valence-corrected chi connectivity index (χ3v) is 4.31. The molecule has 0 saturated carbocycles. The van der Waals surface area contributed by atoms with Crippen LogP contribution in [0.1, 0.15) is 52.5 Å². The fourth-order valence-electron chi connectivity index (χ4n) is 2.57. The summed E-state index contributed by atoms with van der Waals surface area (Å²) in [6.07, 6.45) is 1.90. The molecule has 1 unspecified atom stereocenters. The summed E-state index contributed by atoms with van der Waals surface area (Å²) >= 11 is 0. The molecule has 0 heterocycles. The molecule has 1 rings (SSSR count). The Balaban J connectivity index is 0.00000352. The van der Waals surface area contributed by atoms with Crippen LogP contribution in [0, 0.1) is 0 Å². The summed E-state index contributed by atoms with van der Waals surface area (Å²) in [5.41, 5.74) is 0.614. The zero-order chi connectivity index (χ0) is 21.5. The molecule has 162 valence electrons. The zero-order valence-corrected chi connectivity index (χ0v) is 18.0. The van der Waals surface area contributed by atoms with E-state index in [-0.39, 0.29) is 25.3 Å². The van der Waals surface area contributed by atoms with E-state index in [4.69, 9.17) is 9.29 Å². The highest BCUT2D eigenvalue weighted by molar-refractivity contribution is 7.80. The maximum atomic E-state index is 11.8. The Morgan fingerprint density at radius 1 is 1.14 bits per heavy atom. The van der Waals surface area contributed by atoms with Crippen molar-refractivity contribution in [1.29, 1.82) is 0 Å². The normalized spacial score (nSPS) is 13.0. The van der Waals surface area contributed by atoms with E-state index in [1.54, 1.807) is 0 Å². The molecule has 0 aliphatic heterocycles. The summed E-state index contributed by atoms with van der Waals surface area (Å²) in [6.45, 7) is 8.75. The van der Waals surface area contributed by atoms with Crippen molar-refractivity contribution in [1.82, 2.24) is 10.6 Å². The molecule has 0 aliphatic carbocycles. The smallest absolute Gasteiger partial charge is 0.407 e. The number of carbonyl (C=O) groups excluding carboxylic acids is 1. The van der Waals surface area contributed by atoms with Gasteiger partial charge in [-0.15, -0.1) is 0 Å². The van der Waals surface area contributed by atoms with Gasteiger partial charge < -0.3 is 15.4 Å². The van der Waals surface area contributed by atoms with E-state index in [1.165, 1.54) is 0 Å². The molecule has 1 amide bonds. The van der Waals surface area contributed by atoms with Gasteiger partial charge in [-0.05, 0) is 25.3 Å². The van der Waals surface area contributed by atoms with Gasteiger partial charge in [0.15, 0.2) is 0 Å². The van der Waals surface area contributed by atoms with E-state index < -0.39 is 16.5 Å². The maximum Gasteiger partial charge on any atom is 0.407 e. The van der Waals surface area contributed by atoms with Crippen molar-refractivity contribution in [2.75, 3.05) is 19.7 Å². The molecule has 28 heavy (non-hydrogen) atoms. The highest BCUT2D eigenvalue weighted by Gasteiger charge is 2.22. The Morgan fingerprint density at radius 3 is 2.36 bits per heavy atom. The summed E-state index contributed by atoms with van der Waals surface area (Å²) in [7, 11) is -4.43. The topological polar surface area (TPSA) is 114 Å². The number of ether oxygens (including phenoxy) is 1. The minimum Gasteiger partial charge on any atom is -0.445 e. The number of alkyl carbamates (subject to hydrolysis) is 1. The summed E-state index contributed by atoms with van der Waals surface area (Å²) in [5, 5.41) is 5.92.